The van der Waals surface area contributed by atoms with Crippen LogP contribution in [0.3, 0.4) is 0 Å². The molecule has 0 unspecified atom stereocenters. The van der Waals surface area contributed by atoms with Crippen LogP contribution in [0.5, 0.6) is 11.5 Å². The van der Waals surface area contributed by atoms with Gasteiger partial charge >= 0.3 is 0 Å². The fraction of sp³-hybridized carbons (Fsp3) is 0.200. The van der Waals surface area contributed by atoms with Crippen molar-refractivity contribution in [2.45, 2.75) is 13.5 Å². The Hall–Kier alpha value is -3.58. The van der Waals surface area contributed by atoms with Gasteiger partial charge in [-0.15, -0.1) is 11.3 Å². The summed E-state index contributed by atoms with van der Waals surface area (Å²) < 4.78 is 12.8. The zero-order valence-electron chi connectivity index (χ0n) is 18.3. The van der Waals surface area contributed by atoms with Gasteiger partial charge in [-0.25, -0.2) is 4.68 Å². The molecule has 0 spiro atoms. The van der Waals surface area contributed by atoms with E-state index in [1.165, 1.54) is 0 Å². The third kappa shape index (κ3) is 4.53. The van der Waals surface area contributed by atoms with Gasteiger partial charge in [0.05, 0.1) is 24.3 Å². The van der Waals surface area contributed by atoms with Crippen molar-refractivity contribution < 1.29 is 14.3 Å². The summed E-state index contributed by atoms with van der Waals surface area (Å²) in [6.45, 7) is 2.86. The summed E-state index contributed by atoms with van der Waals surface area (Å²) in [5.74, 6) is 1.07. The van der Waals surface area contributed by atoms with Crippen molar-refractivity contribution in [3.05, 3.63) is 83.4 Å². The lowest BCUT2D eigenvalue weighted by Gasteiger charge is -2.18. The van der Waals surface area contributed by atoms with Crippen LogP contribution in [0.25, 0.3) is 16.3 Å². The van der Waals surface area contributed by atoms with E-state index in [0.717, 1.165) is 21.8 Å². The maximum absolute atomic E-state index is 13.2. The molecular formula is C25H25N3O3S. The van der Waals surface area contributed by atoms with E-state index in [-0.39, 0.29) is 5.91 Å². The monoisotopic (exact) mass is 447 g/mol. The van der Waals surface area contributed by atoms with E-state index in [1.54, 1.807) is 48.6 Å². The molecule has 0 bridgehead atoms. The molecule has 1 amide bonds. The molecule has 2 aromatic carbocycles. The Morgan fingerprint density at radius 3 is 2.59 bits per heavy atom. The number of aromatic nitrogens is 2. The summed E-state index contributed by atoms with van der Waals surface area (Å²) in [5, 5.41) is 6.85. The molecule has 0 N–H and O–H groups in total. The molecule has 0 radical (unpaired) electrons. The fourth-order valence-corrected chi connectivity index (χ4v) is 4.23. The van der Waals surface area contributed by atoms with Gasteiger partial charge in [0.25, 0.3) is 5.91 Å². The Kier molecular flexibility index (Phi) is 6.56. The highest BCUT2D eigenvalue weighted by molar-refractivity contribution is 7.13. The molecule has 4 aromatic rings. The number of methoxy groups -OCH3 is 1. The zero-order valence-corrected chi connectivity index (χ0v) is 19.1. The Morgan fingerprint density at radius 1 is 1.09 bits per heavy atom. The van der Waals surface area contributed by atoms with E-state index in [1.807, 2.05) is 65.6 Å². The Morgan fingerprint density at radius 2 is 1.91 bits per heavy atom. The molecule has 32 heavy (non-hydrogen) atoms. The lowest BCUT2D eigenvalue weighted by atomic mass is 10.1. The fourth-order valence-electron chi connectivity index (χ4n) is 3.48. The highest BCUT2D eigenvalue weighted by Gasteiger charge is 2.19. The minimum atomic E-state index is -0.101. The Balaban J connectivity index is 1.62. The summed E-state index contributed by atoms with van der Waals surface area (Å²) in [5.41, 5.74) is 3.38. The molecule has 0 atom stereocenters. The van der Waals surface area contributed by atoms with E-state index in [0.29, 0.717) is 30.2 Å². The van der Waals surface area contributed by atoms with Crippen molar-refractivity contribution in [2.24, 2.45) is 0 Å². The molecule has 2 heterocycles. The molecule has 0 aliphatic heterocycles. The summed E-state index contributed by atoms with van der Waals surface area (Å²) in [7, 11) is 3.37. The van der Waals surface area contributed by atoms with Crippen LogP contribution in [0.15, 0.2) is 72.2 Å². The standard InChI is InChI=1S/C25H25N3O3S/c1-4-31-21-13-12-18(15-22(21)30-3)25(29)27(2)16-19-17-28(20-9-6-5-7-10-20)26-24(19)23-11-8-14-32-23/h5-15,17H,4,16H2,1-3H3. The zero-order chi connectivity index (χ0) is 22.5. The molecule has 164 valence electrons. The second-order valence-corrected chi connectivity index (χ2v) is 8.17. The van der Waals surface area contributed by atoms with Crippen LogP contribution in [0, 0.1) is 0 Å². The van der Waals surface area contributed by atoms with Crippen molar-refractivity contribution >= 4 is 17.2 Å². The first-order valence-electron chi connectivity index (χ1n) is 10.3. The number of para-hydroxylation sites is 1. The number of carbonyl (C=O) groups excluding carboxylic acids is 1. The smallest absolute Gasteiger partial charge is 0.254 e. The van der Waals surface area contributed by atoms with Crippen LogP contribution in [0.2, 0.25) is 0 Å². The highest BCUT2D eigenvalue weighted by Crippen LogP contribution is 2.30. The lowest BCUT2D eigenvalue weighted by Crippen LogP contribution is -2.26. The summed E-state index contributed by atoms with van der Waals surface area (Å²) in [4.78, 5) is 15.9. The summed E-state index contributed by atoms with van der Waals surface area (Å²) >= 11 is 1.63. The van der Waals surface area contributed by atoms with E-state index >= 15 is 0 Å². The van der Waals surface area contributed by atoms with Gasteiger partial charge in [0.2, 0.25) is 0 Å². The number of hydrogen-bond donors (Lipinski definition) is 0. The van der Waals surface area contributed by atoms with Gasteiger partial charge < -0.3 is 14.4 Å². The average Bonchev–Trinajstić information content (AvgIpc) is 3.49. The minimum absolute atomic E-state index is 0.101. The van der Waals surface area contributed by atoms with Crippen molar-refractivity contribution in [1.29, 1.82) is 0 Å². The highest BCUT2D eigenvalue weighted by atomic mass is 32.1. The van der Waals surface area contributed by atoms with Crippen LogP contribution in [0.4, 0.5) is 0 Å². The van der Waals surface area contributed by atoms with Gasteiger partial charge in [-0.3, -0.25) is 4.79 Å². The maximum Gasteiger partial charge on any atom is 0.254 e. The van der Waals surface area contributed by atoms with E-state index in [9.17, 15) is 4.79 Å². The van der Waals surface area contributed by atoms with Gasteiger partial charge in [0.1, 0.15) is 5.69 Å². The number of benzene rings is 2. The van der Waals surface area contributed by atoms with Crippen LogP contribution >= 0.6 is 11.3 Å². The Bertz CT molecular complexity index is 1190. The molecule has 6 nitrogen and oxygen atoms in total. The van der Waals surface area contributed by atoms with Gasteiger partial charge in [-0.2, -0.15) is 5.10 Å². The van der Waals surface area contributed by atoms with Crippen molar-refractivity contribution in [1.82, 2.24) is 14.7 Å². The predicted molar refractivity (Wildman–Crippen MR) is 127 cm³/mol. The molecule has 0 aliphatic carbocycles. The summed E-state index contributed by atoms with van der Waals surface area (Å²) in [6, 6.07) is 19.3. The number of amides is 1. The third-order valence-corrected chi connectivity index (χ3v) is 5.91. The first-order chi connectivity index (χ1) is 15.6. The van der Waals surface area contributed by atoms with E-state index < -0.39 is 0 Å². The molecule has 2 aromatic heterocycles. The van der Waals surface area contributed by atoms with Crippen molar-refractivity contribution in [2.75, 3.05) is 20.8 Å². The normalized spacial score (nSPS) is 10.7. The number of nitrogens with zero attached hydrogens (tertiary/aromatic N) is 3. The molecule has 7 heteroatoms. The molecule has 0 fully saturated rings. The second kappa shape index (κ2) is 9.70. The minimum Gasteiger partial charge on any atom is -0.493 e. The van der Waals surface area contributed by atoms with Gasteiger partial charge in [0, 0.05) is 30.9 Å². The van der Waals surface area contributed by atoms with Gasteiger partial charge in [-0.1, -0.05) is 24.3 Å². The average molecular weight is 448 g/mol. The molecule has 4 rings (SSSR count). The number of hydrogen-bond acceptors (Lipinski definition) is 5. The third-order valence-electron chi connectivity index (χ3n) is 5.03. The summed E-state index contributed by atoms with van der Waals surface area (Å²) in [6.07, 6.45) is 1.99. The lowest BCUT2D eigenvalue weighted by molar-refractivity contribution is 0.0785. The van der Waals surface area contributed by atoms with E-state index in [4.69, 9.17) is 14.6 Å². The molecular weight excluding hydrogens is 422 g/mol. The number of thiophene rings is 1. The second-order valence-electron chi connectivity index (χ2n) is 7.22. The Labute approximate surface area is 191 Å². The first-order valence-corrected chi connectivity index (χ1v) is 11.2. The maximum atomic E-state index is 13.2. The number of rotatable bonds is 8. The van der Waals surface area contributed by atoms with Gasteiger partial charge in [0.15, 0.2) is 11.5 Å². The van der Waals surface area contributed by atoms with Crippen LogP contribution in [-0.2, 0) is 6.54 Å². The predicted octanol–water partition coefficient (Wildman–Crippen LogP) is 5.28. The quantitative estimate of drug-likeness (QED) is 0.369. The number of carbonyl (C=O) groups is 1. The molecule has 0 saturated heterocycles. The van der Waals surface area contributed by atoms with Crippen LogP contribution in [-0.4, -0.2) is 41.4 Å². The van der Waals surface area contributed by atoms with E-state index in [2.05, 4.69) is 0 Å². The SMILES string of the molecule is CCOc1ccc(C(=O)N(C)Cc2cn(-c3ccccc3)nc2-c2cccs2)cc1OC. The first kappa shape index (κ1) is 21.6. The van der Waals surface area contributed by atoms with Gasteiger partial charge in [-0.05, 0) is 48.7 Å². The van der Waals surface area contributed by atoms with Crippen LogP contribution in [0.1, 0.15) is 22.8 Å². The molecule has 0 aliphatic rings. The number of ether oxygens (including phenoxy) is 2. The largest absolute Gasteiger partial charge is 0.493 e. The van der Waals surface area contributed by atoms with Crippen molar-refractivity contribution in [3.8, 4) is 27.8 Å². The van der Waals surface area contributed by atoms with Crippen molar-refractivity contribution in [3.63, 3.8) is 0 Å². The topological polar surface area (TPSA) is 56.6 Å². The van der Waals surface area contributed by atoms with Crippen LogP contribution < -0.4 is 9.47 Å². The molecule has 0 saturated carbocycles.